The van der Waals surface area contributed by atoms with Gasteiger partial charge in [0.25, 0.3) is 0 Å². The fraction of sp³-hybridized carbons (Fsp3) is 0.0909. The van der Waals surface area contributed by atoms with Gasteiger partial charge in [0, 0.05) is 5.56 Å². The van der Waals surface area contributed by atoms with Crippen LogP contribution in [0.15, 0.2) is 24.3 Å². The number of rotatable bonds is 2. The third-order valence-electron chi connectivity index (χ3n) is 2.17. The number of carboxylic acid groups (broad SMARTS) is 1. The standard InChI is InChI=1S/C11H9ClN2O2/c1-6-13-9(10(14-6)11(15)16)7-4-2-3-5-8(7)12/h2-5H,1H3,(H,13,14)(H,15,16). The van der Waals surface area contributed by atoms with Gasteiger partial charge in [-0.25, -0.2) is 9.78 Å². The van der Waals surface area contributed by atoms with Crippen molar-refractivity contribution in [3.8, 4) is 11.3 Å². The number of aryl methyl sites for hydroxylation is 1. The molecule has 16 heavy (non-hydrogen) atoms. The molecule has 0 atom stereocenters. The first-order valence-corrected chi connectivity index (χ1v) is 5.02. The molecular formula is C11H9ClN2O2. The van der Waals surface area contributed by atoms with Crippen LogP contribution in [0.3, 0.4) is 0 Å². The smallest absolute Gasteiger partial charge is 0.354 e. The van der Waals surface area contributed by atoms with E-state index in [2.05, 4.69) is 9.97 Å². The van der Waals surface area contributed by atoms with Crippen molar-refractivity contribution in [3.05, 3.63) is 40.8 Å². The minimum Gasteiger partial charge on any atom is -0.477 e. The van der Waals surface area contributed by atoms with Crippen LogP contribution in [0.1, 0.15) is 16.3 Å². The second-order valence-electron chi connectivity index (χ2n) is 3.33. The number of benzene rings is 1. The summed E-state index contributed by atoms with van der Waals surface area (Å²) in [6, 6.07) is 7.01. The Bertz CT molecular complexity index is 549. The highest BCUT2D eigenvalue weighted by atomic mass is 35.5. The average molecular weight is 237 g/mol. The highest BCUT2D eigenvalue weighted by Crippen LogP contribution is 2.28. The Hall–Kier alpha value is -1.81. The number of carbonyl (C=O) groups is 1. The average Bonchev–Trinajstić information content (AvgIpc) is 2.61. The Balaban J connectivity index is 2.64. The lowest BCUT2D eigenvalue weighted by atomic mass is 10.1. The van der Waals surface area contributed by atoms with Crippen molar-refractivity contribution in [1.82, 2.24) is 9.97 Å². The monoisotopic (exact) mass is 236 g/mol. The first-order chi connectivity index (χ1) is 7.59. The van der Waals surface area contributed by atoms with E-state index < -0.39 is 5.97 Å². The van der Waals surface area contributed by atoms with Gasteiger partial charge in [0.2, 0.25) is 0 Å². The number of nitrogens with zero attached hydrogens (tertiary/aromatic N) is 1. The molecule has 0 radical (unpaired) electrons. The topological polar surface area (TPSA) is 66.0 Å². The maximum Gasteiger partial charge on any atom is 0.354 e. The highest BCUT2D eigenvalue weighted by molar-refractivity contribution is 6.33. The number of carboxylic acids is 1. The van der Waals surface area contributed by atoms with Crippen LogP contribution in [0, 0.1) is 6.92 Å². The van der Waals surface area contributed by atoms with Crippen LogP contribution in [-0.2, 0) is 0 Å². The van der Waals surface area contributed by atoms with Crippen molar-refractivity contribution in [2.24, 2.45) is 0 Å². The minimum absolute atomic E-state index is 0.0607. The van der Waals surface area contributed by atoms with Gasteiger partial charge in [-0.2, -0.15) is 0 Å². The lowest BCUT2D eigenvalue weighted by Crippen LogP contribution is -1.99. The highest BCUT2D eigenvalue weighted by Gasteiger charge is 2.17. The fourth-order valence-electron chi connectivity index (χ4n) is 1.49. The van der Waals surface area contributed by atoms with E-state index in [1.165, 1.54) is 0 Å². The number of halogens is 1. The number of hydrogen-bond donors (Lipinski definition) is 2. The molecule has 2 N–H and O–H groups in total. The molecule has 5 heteroatoms. The van der Waals surface area contributed by atoms with Crippen LogP contribution in [0.2, 0.25) is 5.02 Å². The van der Waals surface area contributed by atoms with E-state index in [0.717, 1.165) is 0 Å². The summed E-state index contributed by atoms with van der Waals surface area (Å²) in [7, 11) is 0. The first kappa shape index (κ1) is 10.7. The molecule has 0 saturated carbocycles. The van der Waals surface area contributed by atoms with Gasteiger partial charge in [-0.15, -0.1) is 0 Å². The zero-order valence-electron chi connectivity index (χ0n) is 8.49. The van der Waals surface area contributed by atoms with Crippen molar-refractivity contribution in [2.45, 2.75) is 6.92 Å². The SMILES string of the molecule is Cc1nc(-c2ccccc2Cl)c(C(=O)O)[nH]1. The molecule has 82 valence electrons. The zero-order chi connectivity index (χ0) is 11.7. The van der Waals surface area contributed by atoms with E-state index in [4.69, 9.17) is 16.7 Å². The molecule has 0 fully saturated rings. The molecule has 4 nitrogen and oxygen atoms in total. The van der Waals surface area contributed by atoms with Crippen LogP contribution >= 0.6 is 11.6 Å². The number of aromatic carboxylic acids is 1. The van der Waals surface area contributed by atoms with Crippen molar-refractivity contribution in [2.75, 3.05) is 0 Å². The number of nitrogens with one attached hydrogen (secondary N) is 1. The van der Waals surface area contributed by atoms with E-state index in [1.807, 2.05) is 0 Å². The summed E-state index contributed by atoms with van der Waals surface area (Å²) in [5.41, 5.74) is 1.05. The lowest BCUT2D eigenvalue weighted by Gasteiger charge is -2.01. The lowest BCUT2D eigenvalue weighted by molar-refractivity contribution is 0.0692. The summed E-state index contributed by atoms with van der Waals surface area (Å²) >= 11 is 6.00. The van der Waals surface area contributed by atoms with E-state index in [9.17, 15) is 4.79 Å². The molecule has 1 aromatic carbocycles. The molecule has 0 spiro atoms. The third-order valence-corrected chi connectivity index (χ3v) is 2.49. The number of imidazole rings is 1. The van der Waals surface area contributed by atoms with Gasteiger partial charge < -0.3 is 10.1 Å². The van der Waals surface area contributed by atoms with Crippen molar-refractivity contribution in [3.63, 3.8) is 0 Å². The Kier molecular flexibility index (Phi) is 2.66. The number of H-pyrrole nitrogens is 1. The largest absolute Gasteiger partial charge is 0.477 e. The van der Waals surface area contributed by atoms with Gasteiger partial charge in [0.15, 0.2) is 5.69 Å². The summed E-state index contributed by atoms with van der Waals surface area (Å²) in [6.45, 7) is 1.70. The van der Waals surface area contributed by atoms with Crippen LogP contribution in [0.5, 0.6) is 0 Å². The predicted molar refractivity (Wildman–Crippen MR) is 60.7 cm³/mol. The second kappa shape index (κ2) is 3.98. The van der Waals surface area contributed by atoms with Crippen LogP contribution in [0.25, 0.3) is 11.3 Å². The first-order valence-electron chi connectivity index (χ1n) is 4.64. The molecule has 1 aromatic heterocycles. The summed E-state index contributed by atoms with van der Waals surface area (Å²) < 4.78 is 0. The van der Waals surface area contributed by atoms with E-state index >= 15 is 0 Å². The van der Waals surface area contributed by atoms with Crippen LogP contribution in [0.4, 0.5) is 0 Å². The molecule has 0 amide bonds. The molecule has 2 rings (SSSR count). The van der Waals surface area contributed by atoms with Crippen molar-refractivity contribution in [1.29, 1.82) is 0 Å². The maximum atomic E-state index is 11.0. The van der Waals surface area contributed by atoms with Crippen molar-refractivity contribution < 1.29 is 9.90 Å². The Labute approximate surface area is 96.9 Å². The van der Waals surface area contributed by atoms with Gasteiger partial charge in [-0.3, -0.25) is 0 Å². The Morgan fingerprint density at radius 1 is 1.44 bits per heavy atom. The van der Waals surface area contributed by atoms with Gasteiger partial charge in [0.1, 0.15) is 11.5 Å². The maximum absolute atomic E-state index is 11.0. The normalized spacial score (nSPS) is 10.4. The number of aromatic amines is 1. The van der Waals surface area contributed by atoms with Gasteiger partial charge >= 0.3 is 5.97 Å². The summed E-state index contributed by atoms with van der Waals surface area (Å²) in [5.74, 6) is -0.497. The second-order valence-corrected chi connectivity index (χ2v) is 3.74. The quantitative estimate of drug-likeness (QED) is 0.843. The van der Waals surface area contributed by atoms with E-state index in [0.29, 0.717) is 22.1 Å². The minimum atomic E-state index is -1.05. The summed E-state index contributed by atoms with van der Waals surface area (Å²) in [6.07, 6.45) is 0. The zero-order valence-corrected chi connectivity index (χ0v) is 9.25. The summed E-state index contributed by atoms with van der Waals surface area (Å²) in [4.78, 5) is 17.8. The van der Waals surface area contributed by atoms with E-state index in [1.54, 1.807) is 31.2 Å². The molecule has 0 saturated heterocycles. The molecule has 0 unspecified atom stereocenters. The number of aromatic nitrogens is 2. The molecule has 0 bridgehead atoms. The molecule has 1 heterocycles. The summed E-state index contributed by atoms with van der Waals surface area (Å²) in [5, 5.41) is 9.50. The molecule has 2 aromatic rings. The van der Waals surface area contributed by atoms with Gasteiger partial charge in [0.05, 0.1) is 5.02 Å². The number of hydrogen-bond acceptors (Lipinski definition) is 2. The third kappa shape index (κ3) is 1.79. The Morgan fingerprint density at radius 2 is 2.12 bits per heavy atom. The van der Waals surface area contributed by atoms with Crippen molar-refractivity contribution >= 4 is 17.6 Å². The molecule has 0 aliphatic heterocycles. The molecule has 0 aliphatic rings. The molecular weight excluding hydrogens is 228 g/mol. The van der Waals surface area contributed by atoms with Crippen LogP contribution in [-0.4, -0.2) is 21.0 Å². The predicted octanol–water partition coefficient (Wildman–Crippen LogP) is 2.74. The van der Waals surface area contributed by atoms with E-state index in [-0.39, 0.29) is 5.69 Å². The van der Waals surface area contributed by atoms with Gasteiger partial charge in [-0.1, -0.05) is 29.8 Å². The molecule has 0 aliphatic carbocycles. The Morgan fingerprint density at radius 3 is 2.75 bits per heavy atom. The van der Waals surface area contributed by atoms with Gasteiger partial charge in [-0.05, 0) is 13.0 Å². The van der Waals surface area contributed by atoms with Crippen LogP contribution < -0.4 is 0 Å². The fourth-order valence-corrected chi connectivity index (χ4v) is 1.72.